The summed E-state index contributed by atoms with van der Waals surface area (Å²) < 4.78 is 32.9. The van der Waals surface area contributed by atoms with Gasteiger partial charge in [-0.3, -0.25) is 0 Å². The minimum absolute atomic E-state index is 0.0901. The molecule has 2 heterocycles. The molecule has 2 aliphatic rings. The third-order valence-corrected chi connectivity index (χ3v) is 6.96. The van der Waals surface area contributed by atoms with E-state index in [4.69, 9.17) is 4.74 Å². The van der Waals surface area contributed by atoms with Crippen LogP contribution in [0.25, 0.3) is 0 Å². The Morgan fingerprint density at radius 3 is 2.68 bits per heavy atom. The first kappa shape index (κ1) is 15.7. The second kappa shape index (κ2) is 6.54. The fraction of sp³-hybridized carbons (Fsp3) is 0.688. The van der Waals surface area contributed by atoms with Gasteiger partial charge in [-0.2, -0.15) is 4.31 Å². The zero-order valence-electron chi connectivity index (χ0n) is 13.1. The van der Waals surface area contributed by atoms with Crippen molar-refractivity contribution in [3.63, 3.8) is 0 Å². The van der Waals surface area contributed by atoms with E-state index in [9.17, 15) is 8.42 Å². The first-order valence-electron chi connectivity index (χ1n) is 8.15. The molecule has 1 atom stereocenters. The van der Waals surface area contributed by atoms with Crippen LogP contribution in [0.4, 0.5) is 0 Å². The third kappa shape index (κ3) is 3.43. The van der Waals surface area contributed by atoms with Gasteiger partial charge < -0.3 is 4.74 Å². The van der Waals surface area contributed by atoms with Crippen LogP contribution in [-0.4, -0.2) is 42.2 Å². The Hall–Kier alpha value is -1.14. The summed E-state index contributed by atoms with van der Waals surface area (Å²) in [6, 6.07) is 5.65. The van der Waals surface area contributed by atoms with Gasteiger partial charge in [-0.15, -0.1) is 0 Å². The second-order valence-corrected chi connectivity index (χ2v) is 8.52. The summed E-state index contributed by atoms with van der Waals surface area (Å²) >= 11 is 0. The summed E-state index contributed by atoms with van der Waals surface area (Å²) in [6.45, 7) is 2.94. The summed E-state index contributed by atoms with van der Waals surface area (Å²) in [5.41, 5.74) is 0.905. The monoisotopic (exact) mass is 324 g/mol. The largest absolute Gasteiger partial charge is 0.473 e. The van der Waals surface area contributed by atoms with E-state index < -0.39 is 10.0 Å². The number of aromatic nitrogens is 1. The van der Waals surface area contributed by atoms with Crippen LogP contribution in [0, 0.1) is 6.92 Å². The van der Waals surface area contributed by atoms with Crippen LogP contribution in [0.15, 0.2) is 18.2 Å². The van der Waals surface area contributed by atoms with Crippen molar-refractivity contribution in [2.75, 3.05) is 13.1 Å². The van der Waals surface area contributed by atoms with E-state index in [2.05, 4.69) is 4.98 Å². The second-order valence-electron chi connectivity index (χ2n) is 6.31. The zero-order chi connectivity index (χ0) is 15.6. The number of rotatable bonds is 4. The van der Waals surface area contributed by atoms with Crippen molar-refractivity contribution in [2.24, 2.45) is 0 Å². The van der Waals surface area contributed by atoms with Gasteiger partial charge in [0.05, 0.1) is 11.8 Å². The van der Waals surface area contributed by atoms with Gasteiger partial charge in [-0.25, -0.2) is 13.4 Å². The fourth-order valence-electron chi connectivity index (χ4n) is 3.35. The lowest BCUT2D eigenvalue weighted by atomic mass is 10.0. The van der Waals surface area contributed by atoms with E-state index in [0.717, 1.165) is 44.2 Å². The van der Waals surface area contributed by atoms with Crippen molar-refractivity contribution in [3.05, 3.63) is 23.9 Å². The highest BCUT2D eigenvalue weighted by atomic mass is 32.2. The number of ether oxygens (including phenoxy) is 1. The van der Waals surface area contributed by atoms with Gasteiger partial charge in [0.2, 0.25) is 15.9 Å². The van der Waals surface area contributed by atoms with Crippen LogP contribution in [-0.2, 0) is 10.0 Å². The summed E-state index contributed by atoms with van der Waals surface area (Å²) in [4.78, 5) is 4.32. The SMILES string of the molecule is Cc1cccc(OC2CCN(S(=O)(=O)C3CCCCC3)C2)n1. The maximum atomic E-state index is 12.7. The summed E-state index contributed by atoms with van der Waals surface area (Å²) in [7, 11) is -3.16. The molecule has 1 unspecified atom stereocenters. The van der Waals surface area contributed by atoms with Crippen molar-refractivity contribution in [3.8, 4) is 5.88 Å². The molecule has 2 fully saturated rings. The Balaban J connectivity index is 1.62. The number of aryl methyl sites for hydroxylation is 1. The molecule has 0 bridgehead atoms. The topological polar surface area (TPSA) is 59.5 Å². The van der Waals surface area contributed by atoms with Crippen LogP contribution in [0.1, 0.15) is 44.2 Å². The molecular weight excluding hydrogens is 300 g/mol. The van der Waals surface area contributed by atoms with E-state index >= 15 is 0 Å². The number of pyridine rings is 1. The highest BCUT2D eigenvalue weighted by Crippen LogP contribution is 2.29. The van der Waals surface area contributed by atoms with E-state index in [1.807, 2.05) is 25.1 Å². The average Bonchev–Trinajstić information content (AvgIpc) is 2.97. The fourth-order valence-corrected chi connectivity index (χ4v) is 5.44. The van der Waals surface area contributed by atoms with Crippen LogP contribution < -0.4 is 4.74 Å². The lowest BCUT2D eigenvalue weighted by Gasteiger charge is -2.26. The molecule has 0 amide bonds. The molecule has 1 aromatic rings. The van der Waals surface area contributed by atoms with Gasteiger partial charge in [0.25, 0.3) is 0 Å². The summed E-state index contributed by atoms with van der Waals surface area (Å²) in [5.74, 6) is 0.585. The van der Waals surface area contributed by atoms with E-state index in [1.165, 1.54) is 0 Å². The maximum Gasteiger partial charge on any atom is 0.217 e. The molecule has 6 heteroatoms. The van der Waals surface area contributed by atoms with Crippen molar-refractivity contribution in [2.45, 2.75) is 56.8 Å². The molecule has 0 spiro atoms. The number of hydrogen-bond acceptors (Lipinski definition) is 4. The number of hydrogen-bond donors (Lipinski definition) is 0. The summed E-state index contributed by atoms with van der Waals surface area (Å²) in [6.07, 6.45) is 5.49. The Labute approximate surface area is 132 Å². The summed E-state index contributed by atoms with van der Waals surface area (Å²) in [5, 5.41) is -0.183. The van der Waals surface area contributed by atoms with Crippen LogP contribution in [0.3, 0.4) is 0 Å². The van der Waals surface area contributed by atoms with E-state index in [1.54, 1.807) is 4.31 Å². The van der Waals surface area contributed by atoms with Crippen molar-refractivity contribution < 1.29 is 13.2 Å². The minimum atomic E-state index is -3.16. The number of sulfonamides is 1. The Bertz CT molecular complexity index is 612. The lowest BCUT2D eigenvalue weighted by molar-refractivity contribution is 0.206. The molecule has 0 radical (unpaired) electrons. The zero-order valence-corrected chi connectivity index (χ0v) is 13.9. The van der Waals surface area contributed by atoms with E-state index in [-0.39, 0.29) is 11.4 Å². The smallest absolute Gasteiger partial charge is 0.217 e. The van der Waals surface area contributed by atoms with Gasteiger partial charge >= 0.3 is 0 Å². The molecule has 3 rings (SSSR count). The van der Waals surface area contributed by atoms with Crippen molar-refractivity contribution in [1.82, 2.24) is 9.29 Å². The standard InChI is InChI=1S/C16H24N2O3S/c1-13-6-5-9-16(17-13)21-14-10-11-18(12-14)22(19,20)15-7-3-2-4-8-15/h5-6,9,14-15H,2-4,7-8,10-12H2,1H3. The van der Waals surface area contributed by atoms with Crippen LogP contribution in [0.2, 0.25) is 0 Å². The van der Waals surface area contributed by atoms with Gasteiger partial charge in [0.15, 0.2) is 0 Å². The predicted octanol–water partition coefficient (Wildman–Crippen LogP) is 2.51. The van der Waals surface area contributed by atoms with Crippen molar-refractivity contribution in [1.29, 1.82) is 0 Å². The Morgan fingerprint density at radius 1 is 1.18 bits per heavy atom. The molecule has 1 aliphatic heterocycles. The van der Waals surface area contributed by atoms with E-state index in [0.29, 0.717) is 19.0 Å². The molecule has 0 aromatic carbocycles. The minimum Gasteiger partial charge on any atom is -0.473 e. The molecule has 22 heavy (non-hydrogen) atoms. The molecule has 1 aliphatic carbocycles. The normalized spacial score (nSPS) is 24.5. The molecular formula is C16H24N2O3S. The molecule has 1 saturated carbocycles. The first-order chi connectivity index (χ1) is 10.6. The molecule has 1 aromatic heterocycles. The van der Waals surface area contributed by atoms with Gasteiger partial charge in [0.1, 0.15) is 6.10 Å². The molecule has 1 saturated heterocycles. The lowest BCUT2D eigenvalue weighted by Crippen LogP contribution is -2.39. The molecule has 0 N–H and O–H groups in total. The van der Waals surface area contributed by atoms with Crippen molar-refractivity contribution >= 4 is 10.0 Å². The highest BCUT2D eigenvalue weighted by Gasteiger charge is 2.38. The number of nitrogens with zero attached hydrogens (tertiary/aromatic N) is 2. The van der Waals surface area contributed by atoms with Crippen LogP contribution >= 0.6 is 0 Å². The molecule has 122 valence electrons. The quantitative estimate of drug-likeness (QED) is 0.854. The Kier molecular flexibility index (Phi) is 4.68. The first-order valence-corrected chi connectivity index (χ1v) is 9.65. The maximum absolute atomic E-state index is 12.7. The van der Waals surface area contributed by atoms with Gasteiger partial charge in [-0.1, -0.05) is 25.3 Å². The highest BCUT2D eigenvalue weighted by molar-refractivity contribution is 7.89. The Morgan fingerprint density at radius 2 is 1.95 bits per heavy atom. The van der Waals surface area contributed by atoms with Gasteiger partial charge in [0, 0.05) is 18.3 Å². The average molecular weight is 324 g/mol. The predicted molar refractivity (Wildman–Crippen MR) is 85.4 cm³/mol. The third-order valence-electron chi connectivity index (χ3n) is 4.59. The van der Waals surface area contributed by atoms with Gasteiger partial charge in [-0.05, 0) is 32.3 Å². The van der Waals surface area contributed by atoms with Crippen LogP contribution in [0.5, 0.6) is 5.88 Å². The molecule has 5 nitrogen and oxygen atoms in total.